The van der Waals surface area contributed by atoms with Gasteiger partial charge in [0.25, 0.3) is 0 Å². The molecule has 1 heteroatoms. The summed E-state index contributed by atoms with van der Waals surface area (Å²) < 4.78 is 140. The molecule has 0 aliphatic rings. The van der Waals surface area contributed by atoms with Crippen molar-refractivity contribution in [2.45, 2.75) is 0 Å². The summed E-state index contributed by atoms with van der Waals surface area (Å²) in [6.45, 7) is 0. The van der Waals surface area contributed by atoms with Crippen LogP contribution in [0.1, 0.15) is 20.6 Å². The van der Waals surface area contributed by atoms with Crippen molar-refractivity contribution >= 4 is 54.3 Å². The summed E-state index contributed by atoms with van der Waals surface area (Å²) in [7, 11) is 0. The van der Waals surface area contributed by atoms with Crippen molar-refractivity contribution in [1.29, 1.82) is 0 Å². The van der Waals surface area contributed by atoms with Crippen LogP contribution in [-0.2, 0) is 0 Å². The lowest BCUT2D eigenvalue weighted by Gasteiger charge is -2.18. The van der Waals surface area contributed by atoms with Crippen LogP contribution in [-0.4, -0.2) is 0 Å². The summed E-state index contributed by atoms with van der Waals surface area (Å²) in [6, 6.07) is 11.2. The summed E-state index contributed by atoms with van der Waals surface area (Å²) in [5.41, 5.74) is 0.430. The zero-order chi connectivity index (χ0) is 41.4. The lowest BCUT2D eigenvalue weighted by Crippen LogP contribution is -1.91. The summed E-state index contributed by atoms with van der Waals surface area (Å²) in [4.78, 5) is 0. The van der Waals surface area contributed by atoms with Crippen LogP contribution in [0, 0.1) is 0 Å². The zero-order valence-electron chi connectivity index (χ0n) is 37.3. The SMILES string of the molecule is [2H]c1c([2H])c([2H])c2c(oc3c([2H])c([2H])c(-c4c5c([2H])c([2H])c([2H])c([2H])c5c(-c5cccc(-c6cccc7ccccc67)c5)c5c([2H])c([2H])c([2H])c([2H])c45)c([2H])c32)c1[2H]. The summed E-state index contributed by atoms with van der Waals surface area (Å²) in [5, 5.41) is 0.524. The van der Waals surface area contributed by atoms with Gasteiger partial charge in [0.15, 0.2) is 0 Å². The van der Waals surface area contributed by atoms with Gasteiger partial charge in [-0.05, 0) is 89.9 Å². The average Bonchev–Trinajstić information content (AvgIpc) is 3.64. The molecule has 200 valence electrons. The molecule has 0 N–H and O–H groups in total. The van der Waals surface area contributed by atoms with Gasteiger partial charge in [-0.25, -0.2) is 0 Å². The first-order valence-electron chi connectivity index (χ1n) is 21.1. The first-order valence-corrected chi connectivity index (χ1v) is 13.6. The molecule has 0 unspecified atom stereocenters. The van der Waals surface area contributed by atoms with Gasteiger partial charge in [-0.15, -0.1) is 0 Å². The minimum absolute atomic E-state index is 0.0583. The fraction of sp³-hybridized carbons (Fsp3) is 0. The molecule has 1 aromatic heterocycles. The van der Waals surface area contributed by atoms with Crippen LogP contribution in [0.3, 0.4) is 0 Å². The molecule has 43 heavy (non-hydrogen) atoms. The first kappa shape index (κ1) is 13.5. The summed E-state index contributed by atoms with van der Waals surface area (Å²) in [5.74, 6) is 0. The first-order chi connectivity index (χ1) is 27.6. The molecule has 1 heterocycles. The van der Waals surface area contributed by atoms with E-state index in [1.165, 1.54) is 0 Å². The number of furan rings is 1. The molecular formula is C42H26O. The maximum atomic E-state index is 9.60. The van der Waals surface area contributed by atoms with E-state index in [0.29, 0.717) is 11.1 Å². The molecule has 0 atom stereocenters. The predicted octanol–water partition coefficient (Wildman–Crippen LogP) is 12.0. The van der Waals surface area contributed by atoms with E-state index >= 15 is 0 Å². The molecule has 0 spiro atoms. The van der Waals surface area contributed by atoms with Crippen molar-refractivity contribution < 1.29 is 25.0 Å². The second-order valence-electron chi connectivity index (χ2n) is 10.1. The molecule has 9 aromatic rings. The molecule has 0 fully saturated rings. The van der Waals surface area contributed by atoms with E-state index in [1.807, 2.05) is 48.5 Å². The highest BCUT2D eigenvalue weighted by Crippen LogP contribution is 2.45. The van der Waals surface area contributed by atoms with E-state index in [-0.39, 0.29) is 54.6 Å². The van der Waals surface area contributed by atoms with Crippen molar-refractivity contribution in [1.82, 2.24) is 0 Å². The van der Waals surface area contributed by atoms with Crippen LogP contribution in [0.5, 0.6) is 0 Å². The quantitative estimate of drug-likeness (QED) is 0.196. The third-order valence-electron chi connectivity index (χ3n) is 7.76. The molecule has 0 aliphatic carbocycles. The van der Waals surface area contributed by atoms with E-state index in [9.17, 15) is 8.22 Å². The Bertz CT molecular complexity index is 3270. The molecule has 0 aliphatic heterocycles. The Balaban J connectivity index is 1.54. The largest absolute Gasteiger partial charge is 0.456 e. The molecule has 8 aromatic carbocycles. The minimum atomic E-state index is -0.695. The smallest absolute Gasteiger partial charge is 0.135 e. The molecule has 0 saturated heterocycles. The van der Waals surface area contributed by atoms with E-state index in [2.05, 4.69) is 0 Å². The van der Waals surface area contributed by atoms with E-state index in [1.54, 1.807) is 18.2 Å². The number of fused-ring (bicyclic) bond motifs is 6. The van der Waals surface area contributed by atoms with Crippen LogP contribution in [0.15, 0.2) is 162 Å². The maximum absolute atomic E-state index is 9.60. The minimum Gasteiger partial charge on any atom is -0.456 e. The topological polar surface area (TPSA) is 13.1 Å². The highest BCUT2D eigenvalue weighted by atomic mass is 16.3. The Kier molecular flexibility index (Phi) is 2.97. The van der Waals surface area contributed by atoms with Gasteiger partial charge < -0.3 is 4.42 Å². The van der Waals surface area contributed by atoms with Crippen molar-refractivity contribution in [3.8, 4) is 33.4 Å². The van der Waals surface area contributed by atoms with E-state index in [0.717, 1.165) is 16.3 Å². The molecule has 0 saturated carbocycles. The third kappa shape index (κ3) is 3.72. The van der Waals surface area contributed by atoms with Gasteiger partial charge in [-0.2, -0.15) is 0 Å². The predicted molar refractivity (Wildman–Crippen MR) is 183 cm³/mol. The van der Waals surface area contributed by atoms with Crippen LogP contribution in [0.4, 0.5) is 0 Å². The average molecular weight is 562 g/mol. The van der Waals surface area contributed by atoms with Gasteiger partial charge in [-0.3, -0.25) is 0 Å². The zero-order valence-corrected chi connectivity index (χ0v) is 22.3. The fourth-order valence-corrected chi connectivity index (χ4v) is 5.91. The Labute approximate surface area is 270 Å². The highest BCUT2D eigenvalue weighted by molar-refractivity contribution is 6.22. The van der Waals surface area contributed by atoms with Crippen LogP contribution >= 0.6 is 0 Å². The standard InChI is InChI=1S/C42H26O/c1-2-15-31-27(11-1)12-10-21-32(31)28-13-9-14-29(25-28)41-34-17-3-5-19-36(34)42(37-20-6-4-18-35(37)41)30-23-24-40-38(26-30)33-16-7-8-22-39(33)43-40/h1-26H/i3D,4D,5D,6D,7D,8D,16D,17D,18D,19D,20D,22D,23D,24D,26D. The van der Waals surface area contributed by atoms with Crippen LogP contribution in [0.25, 0.3) is 87.6 Å². The highest BCUT2D eigenvalue weighted by Gasteiger charge is 2.18. The Morgan fingerprint density at radius 2 is 1.00 bits per heavy atom. The van der Waals surface area contributed by atoms with Crippen molar-refractivity contribution in [2.75, 3.05) is 0 Å². The van der Waals surface area contributed by atoms with Gasteiger partial charge in [0, 0.05) is 10.8 Å². The molecule has 0 radical (unpaired) electrons. The van der Waals surface area contributed by atoms with Gasteiger partial charge in [0.05, 0.1) is 20.6 Å². The number of hydrogen-bond donors (Lipinski definition) is 0. The fourth-order valence-electron chi connectivity index (χ4n) is 5.91. The van der Waals surface area contributed by atoms with E-state index in [4.69, 9.17) is 16.8 Å². The van der Waals surface area contributed by atoms with Gasteiger partial charge in [0.1, 0.15) is 11.2 Å². The Morgan fingerprint density at radius 1 is 0.419 bits per heavy atom. The third-order valence-corrected chi connectivity index (χ3v) is 7.76. The van der Waals surface area contributed by atoms with Crippen LogP contribution in [0.2, 0.25) is 0 Å². The van der Waals surface area contributed by atoms with Crippen molar-refractivity contribution in [3.05, 3.63) is 157 Å². The molecule has 0 bridgehead atoms. The molecule has 1 nitrogen and oxygen atoms in total. The number of benzene rings is 8. The summed E-state index contributed by atoms with van der Waals surface area (Å²) >= 11 is 0. The second-order valence-corrected chi connectivity index (χ2v) is 10.1. The molecular weight excluding hydrogens is 520 g/mol. The summed E-state index contributed by atoms with van der Waals surface area (Å²) in [6.07, 6.45) is 0. The van der Waals surface area contributed by atoms with Crippen molar-refractivity contribution in [3.63, 3.8) is 0 Å². The lowest BCUT2D eigenvalue weighted by molar-refractivity contribution is 0.669. The van der Waals surface area contributed by atoms with Crippen LogP contribution < -0.4 is 0 Å². The Morgan fingerprint density at radius 3 is 1.77 bits per heavy atom. The normalized spacial score (nSPS) is 16.6. The number of hydrogen-bond acceptors (Lipinski definition) is 1. The van der Waals surface area contributed by atoms with Gasteiger partial charge in [-0.1, -0.05) is 133 Å². The maximum Gasteiger partial charge on any atom is 0.135 e. The molecule has 0 amide bonds. The van der Waals surface area contributed by atoms with Gasteiger partial charge >= 0.3 is 0 Å². The number of para-hydroxylation sites is 1. The van der Waals surface area contributed by atoms with E-state index < -0.39 is 96.2 Å². The second kappa shape index (κ2) is 9.44. The van der Waals surface area contributed by atoms with Gasteiger partial charge in [0.2, 0.25) is 0 Å². The monoisotopic (exact) mass is 561 g/mol. The molecule has 9 rings (SSSR count). The lowest BCUT2D eigenvalue weighted by atomic mass is 9.85. The van der Waals surface area contributed by atoms with Crippen molar-refractivity contribution in [2.24, 2.45) is 0 Å². The number of rotatable bonds is 3. The Hall–Kier alpha value is -5.66.